The second kappa shape index (κ2) is 3.51. The highest BCUT2D eigenvalue weighted by molar-refractivity contribution is 5.87. The van der Waals surface area contributed by atoms with Gasteiger partial charge >= 0.3 is 0 Å². The summed E-state index contributed by atoms with van der Waals surface area (Å²) in [6.07, 6.45) is 3.48. The molecular formula is C10H16O. The van der Waals surface area contributed by atoms with E-state index in [1.165, 1.54) is 0 Å². The molecule has 0 aromatic heterocycles. The van der Waals surface area contributed by atoms with Crippen LogP contribution in [0.2, 0.25) is 0 Å². The standard InChI is InChI=1S/C10H16O/c1-8(2)10(4,5)7-6-9(3)11/h6-7H,1H2,2-5H3/b7-6+. The highest BCUT2D eigenvalue weighted by Crippen LogP contribution is 2.25. The minimum absolute atomic E-state index is 0.0638. The zero-order valence-electron chi connectivity index (χ0n) is 7.77. The molecule has 0 saturated carbocycles. The Hall–Kier alpha value is -0.850. The summed E-state index contributed by atoms with van der Waals surface area (Å²) in [5, 5.41) is 0. The van der Waals surface area contributed by atoms with Crippen molar-refractivity contribution >= 4 is 5.78 Å². The third-order valence-electron chi connectivity index (χ3n) is 1.83. The Bertz CT molecular complexity index is 197. The van der Waals surface area contributed by atoms with Gasteiger partial charge in [-0.3, -0.25) is 4.79 Å². The maximum atomic E-state index is 10.6. The first kappa shape index (κ1) is 10.2. The smallest absolute Gasteiger partial charge is 0.152 e. The molecule has 0 radical (unpaired) electrons. The largest absolute Gasteiger partial charge is 0.295 e. The fraction of sp³-hybridized carbons (Fsp3) is 0.500. The van der Waals surface area contributed by atoms with E-state index in [1.807, 2.05) is 26.8 Å². The molecule has 0 amide bonds. The van der Waals surface area contributed by atoms with Crippen molar-refractivity contribution in [3.8, 4) is 0 Å². The Morgan fingerprint density at radius 1 is 1.36 bits per heavy atom. The topological polar surface area (TPSA) is 17.1 Å². The van der Waals surface area contributed by atoms with Crippen LogP contribution < -0.4 is 0 Å². The van der Waals surface area contributed by atoms with Crippen LogP contribution in [0.4, 0.5) is 0 Å². The van der Waals surface area contributed by atoms with Crippen molar-refractivity contribution in [1.82, 2.24) is 0 Å². The van der Waals surface area contributed by atoms with Gasteiger partial charge in [0.2, 0.25) is 0 Å². The van der Waals surface area contributed by atoms with Crippen molar-refractivity contribution < 1.29 is 4.79 Å². The Kier molecular flexibility index (Phi) is 3.24. The average Bonchev–Trinajstić information content (AvgIpc) is 1.84. The zero-order chi connectivity index (χ0) is 9.07. The number of carbonyl (C=O) groups is 1. The number of carbonyl (C=O) groups excluding carboxylic acids is 1. The molecule has 0 fully saturated rings. The lowest BCUT2D eigenvalue weighted by atomic mass is 9.86. The molecule has 0 aliphatic rings. The number of allylic oxidation sites excluding steroid dienone is 3. The summed E-state index contributed by atoms with van der Waals surface area (Å²) in [5.41, 5.74) is 1.00. The molecule has 0 unspecified atom stereocenters. The number of hydrogen-bond donors (Lipinski definition) is 0. The van der Waals surface area contributed by atoms with Gasteiger partial charge in [0.15, 0.2) is 5.78 Å². The van der Waals surface area contributed by atoms with Gasteiger partial charge in [-0.1, -0.05) is 32.1 Å². The highest BCUT2D eigenvalue weighted by atomic mass is 16.1. The third kappa shape index (κ3) is 3.76. The van der Waals surface area contributed by atoms with E-state index in [4.69, 9.17) is 0 Å². The van der Waals surface area contributed by atoms with E-state index in [1.54, 1.807) is 13.0 Å². The van der Waals surface area contributed by atoms with Crippen molar-refractivity contribution in [3.05, 3.63) is 24.3 Å². The average molecular weight is 152 g/mol. The molecule has 0 atom stereocenters. The van der Waals surface area contributed by atoms with E-state index in [0.717, 1.165) is 5.57 Å². The summed E-state index contributed by atoms with van der Waals surface area (Å²) in [6, 6.07) is 0. The molecule has 0 N–H and O–H groups in total. The normalized spacial score (nSPS) is 12.0. The molecule has 1 nitrogen and oxygen atoms in total. The van der Waals surface area contributed by atoms with E-state index in [2.05, 4.69) is 6.58 Å². The van der Waals surface area contributed by atoms with Crippen molar-refractivity contribution in [2.75, 3.05) is 0 Å². The van der Waals surface area contributed by atoms with Crippen LogP contribution in [0.3, 0.4) is 0 Å². The van der Waals surface area contributed by atoms with Gasteiger partial charge in [-0.25, -0.2) is 0 Å². The van der Waals surface area contributed by atoms with Crippen molar-refractivity contribution in [2.24, 2.45) is 5.41 Å². The van der Waals surface area contributed by atoms with Crippen LogP contribution in [0, 0.1) is 5.41 Å². The van der Waals surface area contributed by atoms with E-state index in [9.17, 15) is 4.79 Å². The van der Waals surface area contributed by atoms with Crippen LogP contribution in [-0.2, 0) is 4.79 Å². The van der Waals surface area contributed by atoms with E-state index in [-0.39, 0.29) is 11.2 Å². The van der Waals surface area contributed by atoms with Crippen LogP contribution >= 0.6 is 0 Å². The van der Waals surface area contributed by atoms with Crippen molar-refractivity contribution in [3.63, 3.8) is 0 Å². The minimum Gasteiger partial charge on any atom is -0.295 e. The Balaban J connectivity index is 4.35. The fourth-order valence-corrected chi connectivity index (χ4v) is 0.468. The van der Waals surface area contributed by atoms with Gasteiger partial charge in [0.25, 0.3) is 0 Å². The van der Waals surface area contributed by atoms with Gasteiger partial charge in [-0.15, -0.1) is 0 Å². The van der Waals surface area contributed by atoms with Gasteiger partial charge in [0, 0.05) is 5.41 Å². The predicted octanol–water partition coefficient (Wildman–Crippen LogP) is 2.73. The summed E-state index contributed by atoms with van der Waals surface area (Å²) >= 11 is 0. The van der Waals surface area contributed by atoms with Crippen LogP contribution in [-0.4, -0.2) is 5.78 Å². The van der Waals surface area contributed by atoms with Crippen LogP contribution in [0.1, 0.15) is 27.7 Å². The Morgan fingerprint density at radius 2 is 1.82 bits per heavy atom. The maximum absolute atomic E-state index is 10.6. The molecule has 0 bridgehead atoms. The number of hydrogen-bond acceptors (Lipinski definition) is 1. The van der Waals surface area contributed by atoms with Gasteiger partial charge in [-0.05, 0) is 19.9 Å². The zero-order valence-corrected chi connectivity index (χ0v) is 7.77. The first-order valence-corrected chi connectivity index (χ1v) is 3.72. The summed E-state index contributed by atoms with van der Waals surface area (Å²) in [6.45, 7) is 11.4. The molecular weight excluding hydrogens is 136 g/mol. The molecule has 0 spiro atoms. The number of ketones is 1. The summed E-state index contributed by atoms with van der Waals surface area (Å²) in [5.74, 6) is 0.0827. The first-order valence-electron chi connectivity index (χ1n) is 3.72. The van der Waals surface area contributed by atoms with Crippen LogP contribution in [0.25, 0.3) is 0 Å². The van der Waals surface area contributed by atoms with E-state index in [0.29, 0.717) is 0 Å². The summed E-state index contributed by atoms with van der Waals surface area (Å²) < 4.78 is 0. The van der Waals surface area contributed by atoms with E-state index >= 15 is 0 Å². The molecule has 1 heteroatoms. The second-order valence-corrected chi connectivity index (χ2v) is 3.45. The highest BCUT2D eigenvalue weighted by Gasteiger charge is 2.13. The summed E-state index contributed by atoms with van der Waals surface area (Å²) in [4.78, 5) is 10.6. The minimum atomic E-state index is -0.0638. The molecule has 11 heavy (non-hydrogen) atoms. The van der Waals surface area contributed by atoms with Crippen molar-refractivity contribution in [2.45, 2.75) is 27.7 Å². The van der Waals surface area contributed by atoms with Crippen LogP contribution in [0.15, 0.2) is 24.3 Å². The molecule has 0 aromatic carbocycles. The lowest BCUT2D eigenvalue weighted by molar-refractivity contribution is -0.112. The maximum Gasteiger partial charge on any atom is 0.152 e. The summed E-state index contributed by atoms with van der Waals surface area (Å²) in [7, 11) is 0. The molecule has 0 saturated heterocycles. The first-order chi connectivity index (χ1) is 4.86. The third-order valence-corrected chi connectivity index (χ3v) is 1.83. The van der Waals surface area contributed by atoms with Crippen LogP contribution in [0.5, 0.6) is 0 Å². The monoisotopic (exact) mass is 152 g/mol. The van der Waals surface area contributed by atoms with Gasteiger partial charge in [-0.2, -0.15) is 0 Å². The lowest BCUT2D eigenvalue weighted by Crippen LogP contribution is -2.08. The number of rotatable bonds is 3. The second-order valence-electron chi connectivity index (χ2n) is 3.45. The fourth-order valence-electron chi connectivity index (χ4n) is 0.468. The van der Waals surface area contributed by atoms with Crippen molar-refractivity contribution in [1.29, 1.82) is 0 Å². The van der Waals surface area contributed by atoms with Gasteiger partial charge in [0.05, 0.1) is 0 Å². The Morgan fingerprint density at radius 3 is 2.09 bits per heavy atom. The van der Waals surface area contributed by atoms with Gasteiger partial charge < -0.3 is 0 Å². The molecule has 0 rings (SSSR count). The molecule has 0 aliphatic carbocycles. The SMILES string of the molecule is C=C(C)C(C)(C)/C=C/C(C)=O. The molecule has 0 aliphatic heterocycles. The van der Waals surface area contributed by atoms with Gasteiger partial charge in [0.1, 0.15) is 0 Å². The molecule has 62 valence electrons. The Labute approximate surface area is 68.8 Å². The lowest BCUT2D eigenvalue weighted by Gasteiger charge is -2.19. The quantitative estimate of drug-likeness (QED) is 0.449. The van der Waals surface area contributed by atoms with E-state index < -0.39 is 0 Å². The predicted molar refractivity (Wildman–Crippen MR) is 48.4 cm³/mol. The molecule has 0 heterocycles. The molecule has 0 aromatic rings.